The van der Waals surface area contributed by atoms with E-state index in [1.165, 1.54) is 6.07 Å². The minimum atomic E-state index is -0.511. The van der Waals surface area contributed by atoms with E-state index in [0.717, 1.165) is 26.2 Å². The largest absolute Gasteiger partial charge is 0.338 e. The van der Waals surface area contributed by atoms with Crippen LogP contribution in [0.15, 0.2) is 12.1 Å². The van der Waals surface area contributed by atoms with Crippen molar-refractivity contribution in [3.63, 3.8) is 0 Å². The standard InChI is InChI=1S/C16H16FN7/c1-10-19-15-12-7-11(9-18)8-13(17)14(12)20-16(24(15)21-10)23-5-3-22(2)4-6-23/h7-8H,3-6H2,1-2H3. The summed E-state index contributed by atoms with van der Waals surface area (Å²) in [6.07, 6.45) is 0. The van der Waals surface area contributed by atoms with E-state index in [2.05, 4.69) is 31.9 Å². The summed E-state index contributed by atoms with van der Waals surface area (Å²) in [4.78, 5) is 13.3. The van der Waals surface area contributed by atoms with E-state index in [4.69, 9.17) is 5.26 Å². The molecule has 7 nitrogen and oxygen atoms in total. The Labute approximate surface area is 137 Å². The number of nitriles is 1. The summed E-state index contributed by atoms with van der Waals surface area (Å²) in [6.45, 7) is 5.19. The van der Waals surface area contributed by atoms with E-state index in [1.807, 2.05) is 6.07 Å². The number of aromatic nitrogens is 4. The van der Waals surface area contributed by atoms with E-state index >= 15 is 0 Å². The molecule has 0 unspecified atom stereocenters. The number of aryl methyl sites for hydroxylation is 1. The number of anilines is 1. The molecule has 2 aromatic heterocycles. The van der Waals surface area contributed by atoms with Gasteiger partial charge in [-0.25, -0.2) is 14.4 Å². The second kappa shape index (κ2) is 5.39. The Balaban J connectivity index is 2.00. The van der Waals surface area contributed by atoms with Gasteiger partial charge in [-0.2, -0.15) is 9.78 Å². The number of rotatable bonds is 1. The third-order valence-electron chi connectivity index (χ3n) is 4.33. The minimum absolute atomic E-state index is 0.225. The number of nitrogens with zero attached hydrogens (tertiary/aromatic N) is 7. The van der Waals surface area contributed by atoms with Crippen LogP contribution in [0.3, 0.4) is 0 Å². The Morgan fingerprint density at radius 2 is 1.92 bits per heavy atom. The summed E-state index contributed by atoms with van der Waals surface area (Å²) < 4.78 is 16.1. The fourth-order valence-electron chi connectivity index (χ4n) is 3.03. The zero-order valence-corrected chi connectivity index (χ0v) is 13.5. The van der Waals surface area contributed by atoms with Crippen LogP contribution in [0.5, 0.6) is 0 Å². The van der Waals surface area contributed by atoms with Crippen molar-refractivity contribution in [1.29, 1.82) is 5.26 Å². The van der Waals surface area contributed by atoms with Crippen molar-refractivity contribution in [2.45, 2.75) is 6.92 Å². The van der Waals surface area contributed by atoms with Crippen LogP contribution in [0, 0.1) is 24.1 Å². The first kappa shape index (κ1) is 14.8. The summed E-state index contributed by atoms with van der Waals surface area (Å²) >= 11 is 0. The lowest BCUT2D eigenvalue weighted by Crippen LogP contribution is -2.45. The Morgan fingerprint density at radius 3 is 2.62 bits per heavy atom. The highest BCUT2D eigenvalue weighted by Gasteiger charge is 2.22. The van der Waals surface area contributed by atoms with Crippen LogP contribution in [-0.2, 0) is 0 Å². The van der Waals surface area contributed by atoms with E-state index in [1.54, 1.807) is 17.5 Å². The van der Waals surface area contributed by atoms with Crippen LogP contribution in [0.2, 0.25) is 0 Å². The molecule has 24 heavy (non-hydrogen) atoms. The molecular formula is C16H16FN7. The molecule has 0 saturated carbocycles. The summed E-state index contributed by atoms with van der Waals surface area (Å²) in [5, 5.41) is 14.0. The molecular weight excluding hydrogens is 309 g/mol. The van der Waals surface area contributed by atoms with Crippen molar-refractivity contribution < 1.29 is 4.39 Å². The molecule has 0 spiro atoms. The van der Waals surface area contributed by atoms with Crippen LogP contribution in [-0.4, -0.2) is 57.7 Å². The van der Waals surface area contributed by atoms with Gasteiger partial charge in [-0.05, 0) is 26.1 Å². The van der Waals surface area contributed by atoms with Crippen molar-refractivity contribution in [3.8, 4) is 6.07 Å². The van der Waals surface area contributed by atoms with Gasteiger partial charge in [-0.1, -0.05) is 0 Å². The second-order valence-electron chi connectivity index (χ2n) is 6.06. The predicted octanol–water partition coefficient (Wildman–Crippen LogP) is 1.35. The van der Waals surface area contributed by atoms with Gasteiger partial charge >= 0.3 is 0 Å². The van der Waals surface area contributed by atoms with Crippen LogP contribution in [0.1, 0.15) is 11.4 Å². The van der Waals surface area contributed by atoms with Gasteiger partial charge in [0.25, 0.3) is 0 Å². The minimum Gasteiger partial charge on any atom is -0.338 e. The van der Waals surface area contributed by atoms with Gasteiger partial charge in [0.05, 0.1) is 11.6 Å². The maximum absolute atomic E-state index is 14.5. The first-order valence-electron chi connectivity index (χ1n) is 7.77. The van der Waals surface area contributed by atoms with E-state index in [0.29, 0.717) is 22.8 Å². The number of piperazine rings is 1. The fraction of sp³-hybridized carbons (Fsp3) is 0.375. The second-order valence-corrected chi connectivity index (χ2v) is 6.06. The highest BCUT2D eigenvalue weighted by molar-refractivity contribution is 5.93. The van der Waals surface area contributed by atoms with E-state index < -0.39 is 5.82 Å². The zero-order valence-electron chi connectivity index (χ0n) is 13.5. The molecule has 0 amide bonds. The zero-order chi connectivity index (χ0) is 16.8. The normalized spacial score (nSPS) is 16.0. The van der Waals surface area contributed by atoms with Crippen LogP contribution in [0.4, 0.5) is 10.3 Å². The molecule has 4 rings (SSSR count). The molecule has 122 valence electrons. The average molecular weight is 325 g/mol. The summed E-state index contributed by atoms with van der Waals surface area (Å²) in [6, 6.07) is 4.80. The summed E-state index contributed by atoms with van der Waals surface area (Å²) in [5.74, 6) is 0.667. The molecule has 3 aromatic rings. The van der Waals surface area contributed by atoms with Crippen molar-refractivity contribution in [2.75, 3.05) is 38.1 Å². The molecule has 0 radical (unpaired) electrons. The average Bonchev–Trinajstić information content (AvgIpc) is 2.97. The van der Waals surface area contributed by atoms with Crippen molar-refractivity contribution >= 4 is 22.5 Å². The molecule has 8 heteroatoms. The first-order chi connectivity index (χ1) is 11.6. The van der Waals surface area contributed by atoms with Gasteiger partial charge in [0, 0.05) is 31.6 Å². The van der Waals surface area contributed by atoms with E-state index in [9.17, 15) is 4.39 Å². The van der Waals surface area contributed by atoms with Gasteiger partial charge < -0.3 is 9.80 Å². The number of hydrogen-bond acceptors (Lipinski definition) is 6. The van der Waals surface area contributed by atoms with Gasteiger partial charge in [0.15, 0.2) is 11.5 Å². The van der Waals surface area contributed by atoms with Crippen molar-refractivity contribution in [1.82, 2.24) is 24.5 Å². The number of hydrogen-bond donors (Lipinski definition) is 0. The molecule has 1 aromatic carbocycles. The van der Waals surface area contributed by atoms with Gasteiger partial charge in [-0.15, -0.1) is 5.10 Å². The third kappa shape index (κ3) is 2.25. The van der Waals surface area contributed by atoms with Gasteiger partial charge in [0.2, 0.25) is 5.95 Å². The van der Waals surface area contributed by atoms with Crippen molar-refractivity contribution in [3.05, 3.63) is 29.3 Å². The third-order valence-corrected chi connectivity index (χ3v) is 4.33. The lowest BCUT2D eigenvalue weighted by Gasteiger charge is -2.33. The lowest BCUT2D eigenvalue weighted by molar-refractivity contribution is 0.310. The fourth-order valence-corrected chi connectivity index (χ4v) is 3.03. The Kier molecular flexibility index (Phi) is 3.32. The van der Waals surface area contributed by atoms with Crippen LogP contribution < -0.4 is 4.90 Å². The predicted molar refractivity (Wildman–Crippen MR) is 87.4 cm³/mol. The lowest BCUT2D eigenvalue weighted by atomic mass is 10.1. The van der Waals surface area contributed by atoms with E-state index in [-0.39, 0.29) is 11.1 Å². The highest BCUT2D eigenvalue weighted by Crippen LogP contribution is 2.26. The molecule has 1 aliphatic rings. The Morgan fingerprint density at radius 1 is 1.17 bits per heavy atom. The molecule has 0 N–H and O–H groups in total. The maximum atomic E-state index is 14.5. The Bertz CT molecular complexity index is 980. The maximum Gasteiger partial charge on any atom is 0.229 e. The Hall–Kier alpha value is -2.79. The molecule has 3 heterocycles. The van der Waals surface area contributed by atoms with Crippen molar-refractivity contribution in [2.24, 2.45) is 0 Å². The summed E-state index contributed by atoms with van der Waals surface area (Å²) in [7, 11) is 2.07. The highest BCUT2D eigenvalue weighted by atomic mass is 19.1. The van der Waals surface area contributed by atoms with Gasteiger partial charge in [0.1, 0.15) is 11.3 Å². The summed E-state index contributed by atoms with van der Waals surface area (Å²) in [5.41, 5.74) is 1.00. The number of halogens is 1. The monoisotopic (exact) mass is 325 g/mol. The topological polar surface area (TPSA) is 73.4 Å². The SMILES string of the molecule is Cc1nc2c3cc(C#N)cc(F)c3nc(N3CCN(C)CC3)n2n1. The quantitative estimate of drug-likeness (QED) is 0.672. The number of benzene rings is 1. The molecule has 1 fully saturated rings. The molecule has 0 bridgehead atoms. The number of fused-ring (bicyclic) bond motifs is 3. The molecule has 0 aliphatic carbocycles. The smallest absolute Gasteiger partial charge is 0.229 e. The van der Waals surface area contributed by atoms with Crippen LogP contribution in [0.25, 0.3) is 16.6 Å². The molecule has 1 aliphatic heterocycles. The van der Waals surface area contributed by atoms with Crippen LogP contribution >= 0.6 is 0 Å². The van der Waals surface area contributed by atoms with Gasteiger partial charge in [-0.3, -0.25) is 0 Å². The first-order valence-corrected chi connectivity index (χ1v) is 7.77. The number of likely N-dealkylation sites (N-methyl/N-ethyl adjacent to an activating group) is 1. The molecule has 1 saturated heterocycles. The molecule has 0 atom stereocenters.